The van der Waals surface area contributed by atoms with Gasteiger partial charge < -0.3 is 5.73 Å². The smallest absolute Gasteiger partial charge is 0.165 e. The zero-order valence-electron chi connectivity index (χ0n) is 11.2. The summed E-state index contributed by atoms with van der Waals surface area (Å²) in [7, 11) is 0. The highest BCUT2D eigenvalue weighted by atomic mass is 79.9. The molecule has 0 aliphatic carbocycles. The van der Waals surface area contributed by atoms with Gasteiger partial charge in [0.15, 0.2) is 5.65 Å². The second-order valence-corrected chi connectivity index (χ2v) is 7.39. The predicted molar refractivity (Wildman–Crippen MR) is 96.1 cm³/mol. The Balaban J connectivity index is 2.07. The first-order chi connectivity index (χ1) is 10.7. The van der Waals surface area contributed by atoms with Crippen molar-refractivity contribution in [3.05, 3.63) is 45.8 Å². The topological polar surface area (TPSA) is 64.7 Å². The van der Waals surface area contributed by atoms with Gasteiger partial charge in [-0.2, -0.15) is 0 Å². The fraction of sp³-hybridized carbons (Fsp3) is 0. The average Bonchev–Trinajstić information content (AvgIpc) is 3.17. The van der Waals surface area contributed by atoms with E-state index in [9.17, 15) is 0 Å². The molecular formula is C15H9BrN4S2. The van der Waals surface area contributed by atoms with E-state index < -0.39 is 0 Å². The summed E-state index contributed by atoms with van der Waals surface area (Å²) >= 11 is 6.81. The second kappa shape index (κ2) is 5.42. The van der Waals surface area contributed by atoms with Gasteiger partial charge in [0.2, 0.25) is 0 Å². The van der Waals surface area contributed by atoms with E-state index in [0.717, 1.165) is 30.9 Å². The maximum Gasteiger partial charge on any atom is 0.165 e. The molecule has 0 radical (unpaired) electrons. The molecule has 0 aliphatic rings. The Morgan fingerprint density at radius 2 is 2.00 bits per heavy atom. The van der Waals surface area contributed by atoms with E-state index in [0.29, 0.717) is 11.5 Å². The monoisotopic (exact) mass is 388 g/mol. The number of pyridine rings is 1. The van der Waals surface area contributed by atoms with Gasteiger partial charge in [0.05, 0.1) is 16.0 Å². The minimum Gasteiger partial charge on any atom is -0.383 e. The molecule has 0 unspecified atom stereocenters. The Kier molecular flexibility index (Phi) is 3.40. The molecule has 0 amide bonds. The van der Waals surface area contributed by atoms with Gasteiger partial charge in [-0.3, -0.25) is 0 Å². The molecule has 0 bridgehead atoms. The zero-order chi connectivity index (χ0) is 15.1. The van der Waals surface area contributed by atoms with Crippen molar-refractivity contribution in [3.8, 4) is 21.0 Å². The summed E-state index contributed by atoms with van der Waals surface area (Å²) in [6.07, 6.45) is 1.46. The summed E-state index contributed by atoms with van der Waals surface area (Å²) < 4.78 is 1.05. The van der Waals surface area contributed by atoms with Gasteiger partial charge in [-0.25, -0.2) is 15.0 Å². The fourth-order valence-electron chi connectivity index (χ4n) is 2.29. The van der Waals surface area contributed by atoms with Crippen molar-refractivity contribution in [1.82, 2.24) is 15.0 Å². The Bertz CT molecular complexity index is 963. The Morgan fingerprint density at radius 3 is 2.73 bits per heavy atom. The first-order valence-corrected chi connectivity index (χ1v) is 8.97. The van der Waals surface area contributed by atoms with Crippen LogP contribution in [0.1, 0.15) is 0 Å². The maximum absolute atomic E-state index is 6.07. The number of anilines is 1. The lowest BCUT2D eigenvalue weighted by Crippen LogP contribution is -1.97. The molecule has 4 aromatic heterocycles. The highest BCUT2D eigenvalue weighted by molar-refractivity contribution is 9.10. The van der Waals surface area contributed by atoms with Crippen LogP contribution in [0.15, 0.2) is 45.8 Å². The summed E-state index contributed by atoms with van der Waals surface area (Å²) in [6, 6.07) is 8.20. The van der Waals surface area contributed by atoms with Crippen LogP contribution in [0, 0.1) is 0 Å². The molecule has 4 rings (SSSR count). The summed E-state index contributed by atoms with van der Waals surface area (Å²) in [4.78, 5) is 15.3. The molecule has 0 aromatic carbocycles. The molecule has 0 spiro atoms. The van der Waals surface area contributed by atoms with Gasteiger partial charge in [-0.1, -0.05) is 6.07 Å². The normalized spacial score (nSPS) is 11.1. The maximum atomic E-state index is 6.07. The number of fused-ring (bicyclic) bond motifs is 1. The molecule has 0 atom stereocenters. The van der Waals surface area contributed by atoms with Crippen molar-refractivity contribution in [2.75, 3.05) is 5.73 Å². The van der Waals surface area contributed by atoms with E-state index in [-0.39, 0.29) is 0 Å². The SMILES string of the molecule is Nc1ncnc2nc(-c3cccs3)cc(-c3cc(Br)cs3)c12. The Labute approximate surface area is 142 Å². The van der Waals surface area contributed by atoms with Crippen LogP contribution in [-0.2, 0) is 0 Å². The van der Waals surface area contributed by atoms with Gasteiger partial charge in [-0.05, 0) is 39.5 Å². The van der Waals surface area contributed by atoms with Gasteiger partial charge in [-0.15, -0.1) is 22.7 Å². The fourth-order valence-corrected chi connectivity index (χ4v) is 4.42. The molecule has 0 saturated heterocycles. The number of nitrogen functional groups attached to an aromatic ring is 1. The molecule has 0 saturated carbocycles. The molecule has 22 heavy (non-hydrogen) atoms. The largest absolute Gasteiger partial charge is 0.383 e. The Hall–Kier alpha value is -1.83. The first-order valence-electron chi connectivity index (χ1n) is 6.42. The van der Waals surface area contributed by atoms with Crippen LogP contribution in [0.3, 0.4) is 0 Å². The zero-order valence-corrected chi connectivity index (χ0v) is 14.4. The summed E-state index contributed by atoms with van der Waals surface area (Å²) in [5, 5.41) is 4.89. The van der Waals surface area contributed by atoms with Crippen molar-refractivity contribution >= 4 is 55.5 Å². The number of aromatic nitrogens is 3. The Morgan fingerprint density at radius 1 is 1.09 bits per heavy atom. The summed E-state index contributed by atoms with van der Waals surface area (Å²) in [5.41, 5.74) is 8.62. The third-order valence-electron chi connectivity index (χ3n) is 3.24. The van der Waals surface area contributed by atoms with E-state index in [4.69, 9.17) is 5.73 Å². The number of nitrogens with two attached hydrogens (primary N) is 1. The predicted octanol–water partition coefficient (Wildman–Crippen LogP) is 4.83. The number of thiophene rings is 2. The lowest BCUT2D eigenvalue weighted by Gasteiger charge is -2.08. The van der Waals surface area contributed by atoms with Crippen LogP contribution in [0.2, 0.25) is 0 Å². The molecule has 0 aliphatic heterocycles. The highest BCUT2D eigenvalue weighted by Gasteiger charge is 2.15. The standard InChI is InChI=1S/C15H9BrN4S2/c16-8-4-12(22-6-8)9-5-10(11-2-1-3-21-11)20-15-13(9)14(17)18-7-19-15/h1-7H,(H2,17,18,19,20). The minimum atomic E-state index is 0.453. The number of hydrogen-bond donors (Lipinski definition) is 1. The quantitative estimate of drug-likeness (QED) is 0.534. The number of hydrogen-bond acceptors (Lipinski definition) is 6. The molecule has 4 nitrogen and oxygen atoms in total. The van der Waals surface area contributed by atoms with Gasteiger partial charge in [0, 0.05) is 20.3 Å². The van der Waals surface area contributed by atoms with Crippen LogP contribution >= 0.6 is 38.6 Å². The van der Waals surface area contributed by atoms with Gasteiger partial charge >= 0.3 is 0 Å². The first kappa shape index (κ1) is 13.8. The van der Waals surface area contributed by atoms with Crippen molar-refractivity contribution < 1.29 is 0 Å². The highest BCUT2D eigenvalue weighted by Crippen LogP contribution is 2.38. The number of halogens is 1. The van der Waals surface area contributed by atoms with Gasteiger partial charge in [0.1, 0.15) is 12.1 Å². The van der Waals surface area contributed by atoms with Crippen LogP contribution in [0.4, 0.5) is 5.82 Å². The number of nitrogens with zero attached hydrogens (tertiary/aromatic N) is 3. The third kappa shape index (κ3) is 2.31. The molecule has 108 valence electrons. The van der Waals surface area contributed by atoms with Gasteiger partial charge in [0.25, 0.3) is 0 Å². The van der Waals surface area contributed by atoms with Crippen molar-refractivity contribution in [3.63, 3.8) is 0 Å². The van der Waals surface area contributed by atoms with E-state index >= 15 is 0 Å². The van der Waals surface area contributed by atoms with E-state index in [1.807, 2.05) is 16.8 Å². The minimum absolute atomic E-state index is 0.453. The lowest BCUT2D eigenvalue weighted by atomic mass is 10.1. The summed E-state index contributed by atoms with van der Waals surface area (Å²) in [6.45, 7) is 0. The van der Waals surface area contributed by atoms with E-state index in [1.54, 1.807) is 22.7 Å². The van der Waals surface area contributed by atoms with E-state index in [2.05, 4.69) is 49.1 Å². The average molecular weight is 389 g/mol. The van der Waals surface area contributed by atoms with Crippen molar-refractivity contribution in [1.29, 1.82) is 0 Å². The lowest BCUT2D eigenvalue weighted by molar-refractivity contribution is 1.19. The second-order valence-electron chi connectivity index (χ2n) is 4.62. The number of rotatable bonds is 2. The molecule has 4 heterocycles. The molecule has 2 N–H and O–H groups in total. The van der Waals surface area contributed by atoms with Crippen molar-refractivity contribution in [2.24, 2.45) is 0 Å². The van der Waals surface area contributed by atoms with Crippen LogP contribution in [-0.4, -0.2) is 15.0 Å². The molecule has 7 heteroatoms. The molecular weight excluding hydrogens is 380 g/mol. The summed E-state index contributed by atoms with van der Waals surface area (Å²) in [5.74, 6) is 0.453. The van der Waals surface area contributed by atoms with Crippen LogP contribution < -0.4 is 5.73 Å². The molecule has 0 fully saturated rings. The van der Waals surface area contributed by atoms with Crippen molar-refractivity contribution in [2.45, 2.75) is 0 Å². The molecule has 4 aromatic rings. The van der Waals surface area contributed by atoms with Crippen LogP contribution in [0.5, 0.6) is 0 Å². The third-order valence-corrected chi connectivity index (χ3v) is 5.86. The van der Waals surface area contributed by atoms with E-state index in [1.165, 1.54) is 6.33 Å². The van der Waals surface area contributed by atoms with Crippen LogP contribution in [0.25, 0.3) is 32.0 Å².